The fraction of sp³-hybridized carbons (Fsp3) is 0.0769. The van der Waals surface area contributed by atoms with E-state index in [1.807, 2.05) is 98.8 Å². The van der Waals surface area contributed by atoms with Crippen molar-refractivity contribution < 1.29 is 9.59 Å². The maximum atomic E-state index is 13.1. The third kappa shape index (κ3) is 3.25. The summed E-state index contributed by atoms with van der Waals surface area (Å²) in [6, 6.07) is 26.3. The largest absolute Gasteiger partial charge is 0.289 e. The minimum Gasteiger partial charge on any atom is -0.289 e. The summed E-state index contributed by atoms with van der Waals surface area (Å²) in [5.41, 5.74) is 4.74. The molecule has 4 aromatic rings. The zero-order valence-electron chi connectivity index (χ0n) is 15.9. The van der Waals surface area contributed by atoms with Crippen molar-refractivity contribution in [2.75, 3.05) is 0 Å². The summed E-state index contributed by atoms with van der Waals surface area (Å²) in [5.74, 6) is -0.0731. The molecule has 0 saturated carbocycles. The van der Waals surface area contributed by atoms with Crippen molar-refractivity contribution in [1.29, 1.82) is 0 Å². The number of ketones is 2. The van der Waals surface area contributed by atoms with Gasteiger partial charge in [-0.15, -0.1) is 0 Å². The molecule has 0 atom stereocenters. The van der Waals surface area contributed by atoms with E-state index in [0.29, 0.717) is 22.3 Å². The number of carbonyl (C=O) groups is 2. The van der Waals surface area contributed by atoms with Crippen LogP contribution in [0.2, 0.25) is 0 Å². The molecule has 0 spiro atoms. The molecule has 136 valence electrons. The van der Waals surface area contributed by atoms with E-state index in [1.54, 1.807) is 0 Å². The van der Waals surface area contributed by atoms with Gasteiger partial charge in [0.25, 0.3) is 0 Å². The third-order valence-corrected chi connectivity index (χ3v) is 5.04. The van der Waals surface area contributed by atoms with E-state index in [0.717, 1.165) is 21.9 Å². The first-order chi connectivity index (χ1) is 13.5. The summed E-state index contributed by atoms with van der Waals surface area (Å²) in [7, 11) is 0. The molecule has 0 amide bonds. The lowest BCUT2D eigenvalue weighted by atomic mass is 9.92. The highest BCUT2D eigenvalue weighted by Gasteiger charge is 2.17. The molecule has 0 fully saturated rings. The summed E-state index contributed by atoms with van der Waals surface area (Å²) >= 11 is 0. The Kier molecular flexibility index (Phi) is 4.62. The van der Waals surface area contributed by atoms with Gasteiger partial charge in [-0.2, -0.15) is 0 Å². The lowest BCUT2D eigenvalue weighted by Crippen LogP contribution is -2.05. The van der Waals surface area contributed by atoms with Crippen molar-refractivity contribution in [3.05, 3.63) is 118 Å². The lowest BCUT2D eigenvalue weighted by molar-refractivity contribution is 0.103. The Bertz CT molecular complexity index is 1090. The SMILES string of the molecule is Cc1ccc(C(=O)c2cccc3c(C(=O)c4ccc(C)cc4)cccc23)cc1. The van der Waals surface area contributed by atoms with E-state index < -0.39 is 0 Å². The van der Waals surface area contributed by atoms with Gasteiger partial charge in [0.1, 0.15) is 0 Å². The highest BCUT2D eigenvalue weighted by Crippen LogP contribution is 2.26. The van der Waals surface area contributed by atoms with Crippen LogP contribution in [0.25, 0.3) is 10.8 Å². The molecule has 0 radical (unpaired) electrons. The molecule has 4 aromatic carbocycles. The van der Waals surface area contributed by atoms with E-state index in [-0.39, 0.29) is 11.6 Å². The summed E-state index contributed by atoms with van der Waals surface area (Å²) in [5, 5.41) is 1.59. The molecule has 4 rings (SSSR count). The monoisotopic (exact) mass is 364 g/mol. The van der Waals surface area contributed by atoms with Crippen molar-refractivity contribution in [2.24, 2.45) is 0 Å². The summed E-state index contributed by atoms with van der Waals surface area (Å²) < 4.78 is 0. The Balaban J connectivity index is 1.82. The molecule has 2 heteroatoms. The fourth-order valence-corrected chi connectivity index (χ4v) is 3.43. The average Bonchev–Trinajstić information content (AvgIpc) is 2.73. The number of hydrogen-bond acceptors (Lipinski definition) is 2. The minimum atomic E-state index is -0.0365. The highest BCUT2D eigenvalue weighted by atomic mass is 16.1. The topological polar surface area (TPSA) is 34.1 Å². The van der Waals surface area contributed by atoms with E-state index in [2.05, 4.69) is 0 Å². The predicted molar refractivity (Wildman–Crippen MR) is 113 cm³/mol. The summed E-state index contributed by atoms with van der Waals surface area (Å²) in [4.78, 5) is 26.2. The molecule has 28 heavy (non-hydrogen) atoms. The zero-order chi connectivity index (χ0) is 19.7. The van der Waals surface area contributed by atoms with Gasteiger partial charge in [0.2, 0.25) is 0 Å². The molecule has 0 bridgehead atoms. The molecule has 0 aliphatic rings. The second-order valence-corrected chi connectivity index (χ2v) is 7.10. The third-order valence-electron chi connectivity index (χ3n) is 5.04. The van der Waals surface area contributed by atoms with Crippen molar-refractivity contribution in [3.8, 4) is 0 Å². The van der Waals surface area contributed by atoms with Crippen molar-refractivity contribution in [1.82, 2.24) is 0 Å². The highest BCUT2D eigenvalue weighted by molar-refractivity contribution is 6.21. The number of aryl methyl sites for hydroxylation is 2. The van der Waals surface area contributed by atoms with Gasteiger partial charge in [0.05, 0.1) is 0 Å². The van der Waals surface area contributed by atoms with Crippen LogP contribution in [0.1, 0.15) is 43.0 Å². The van der Waals surface area contributed by atoms with Gasteiger partial charge in [-0.3, -0.25) is 9.59 Å². The summed E-state index contributed by atoms with van der Waals surface area (Å²) in [6.07, 6.45) is 0. The second kappa shape index (κ2) is 7.24. The number of rotatable bonds is 4. The van der Waals surface area contributed by atoms with Crippen LogP contribution in [-0.4, -0.2) is 11.6 Å². The molecular weight excluding hydrogens is 344 g/mol. The number of benzene rings is 4. The quantitative estimate of drug-likeness (QED) is 0.421. The van der Waals surface area contributed by atoms with Gasteiger partial charge >= 0.3 is 0 Å². The molecule has 0 saturated heterocycles. The van der Waals surface area contributed by atoms with Crippen LogP contribution in [-0.2, 0) is 0 Å². The number of carbonyl (C=O) groups excluding carboxylic acids is 2. The van der Waals surface area contributed by atoms with Gasteiger partial charge in [-0.25, -0.2) is 0 Å². The van der Waals surface area contributed by atoms with Crippen LogP contribution in [0.15, 0.2) is 84.9 Å². The maximum absolute atomic E-state index is 13.1. The standard InChI is InChI=1S/C26H20O2/c1-17-9-13-19(14-10-17)25(27)23-7-3-6-22-21(23)5-4-8-24(22)26(28)20-15-11-18(2)12-16-20/h3-16H,1-2H3. The zero-order valence-corrected chi connectivity index (χ0v) is 15.9. The van der Waals surface area contributed by atoms with Gasteiger partial charge in [-0.1, -0.05) is 96.1 Å². The van der Waals surface area contributed by atoms with Crippen molar-refractivity contribution in [3.63, 3.8) is 0 Å². The fourth-order valence-electron chi connectivity index (χ4n) is 3.43. The maximum Gasteiger partial charge on any atom is 0.193 e. The Morgan fingerprint density at radius 1 is 0.500 bits per heavy atom. The molecule has 0 aromatic heterocycles. The molecule has 0 aliphatic heterocycles. The van der Waals surface area contributed by atoms with Gasteiger partial charge in [-0.05, 0) is 24.6 Å². The lowest BCUT2D eigenvalue weighted by Gasteiger charge is -2.10. The first-order valence-corrected chi connectivity index (χ1v) is 9.29. The second-order valence-electron chi connectivity index (χ2n) is 7.10. The Hall–Kier alpha value is -3.52. The van der Waals surface area contributed by atoms with E-state index in [4.69, 9.17) is 0 Å². The normalized spacial score (nSPS) is 10.8. The average molecular weight is 364 g/mol. The number of fused-ring (bicyclic) bond motifs is 1. The smallest absolute Gasteiger partial charge is 0.193 e. The first-order valence-electron chi connectivity index (χ1n) is 9.29. The van der Waals surface area contributed by atoms with Crippen LogP contribution < -0.4 is 0 Å². The number of hydrogen-bond donors (Lipinski definition) is 0. The van der Waals surface area contributed by atoms with Crippen LogP contribution in [0, 0.1) is 13.8 Å². The minimum absolute atomic E-state index is 0.0365. The predicted octanol–water partition coefficient (Wildman–Crippen LogP) is 5.92. The van der Waals surface area contributed by atoms with E-state index >= 15 is 0 Å². The molecule has 2 nitrogen and oxygen atoms in total. The first kappa shape index (κ1) is 17.9. The molecular formula is C26H20O2. The van der Waals surface area contributed by atoms with Gasteiger partial charge in [0, 0.05) is 22.3 Å². The molecule has 0 aliphatic carbocycles. The van der Waals surface area contributed by atoms with Crippen molar-refractivity contribution in [2.45, 2.75) is 13.8 Å². The van der Waals surface area contributed by atoms with Crippen LogP contribution in [0.4, 0.5) is 0 Å². The molecule has 0 heterocycles. The Morgan fingerprint density at radius 2 is 0.857 bits per heavy atom. The summed E-state index contributed by atoms with van der Waals surface area (Å²) in [6.45, 7) is 3.99. The Morgan fingerprint density at radius 3 is 1.21 bits per heavy atom. The van der Waals surface area contributed by atoms with Crippen molar-refractivity contribution >= 4 is 22.3 Å². The molecule has 0 unspecified atom stereocenters. The van der Waals surface area contributed by atoms with Gasteiger partial charge in [0.15, 0.2) is 11.6 Å². The van der Waals surface area contributed by atoms with Crippen LogP contribution in [0.3, 0.4) is 0 Å². The van der Waals surface area contributed by atoms with Gasteiger partial charge < -0.3 is 0 Å². The molecule has 0 N–H and O–H groups in total. The van der Waals surface area contributed by atoms with E-state index in [1.165, 1.54) is 0 Å². The Labute approximate surface area is 164 Å². The van der Waals surface area contributed by atoms with E-state index in [9.17, 15) is 9.59 Å². The van der Waals surface area contributed by atoms with Crippen LogP contribution >= 0.6 is 0 Å². The van der Waals surface area contributed by atoms with Crippen LogP contribution in [0.5, 0.6) is 0 Å².